The summed E-state index contributed by atoms with van der Waals surface area (Å²) in [5.41, 5.74) is 14.4. The second-order valence-corrected chi connectivity index (χ2v) is 7.30. The maximum Gasteiger partial charge on any atom is 0.150 e. The third-order valence-corrected chi connectivity index (χ3v) is 5.43. The molecule has 0 spiro atoms. The molecule has 0 atom stereocenters. The summed E-state index contributed by atoms with van der Waals surface area (Å²) in [5, 5.41) is 0. The van der Waals surface area contributed by atoms with E-state index in [0.717, 1.165) is 11.7 Å². The molecule has 1 saturated carbocycles. The number of hydrogen-bond acceptors (Lipinski definition) is 3. The summed E-state index contributed by atoms with van der Waals surface area (Å²) in [4.78, 5) is 0. The Balaban J connectivity index is 1.71. The van der Waals surface area contributed by atoms with Crippen molar-refractivity contribution in [3.05, 3.63) is 48.0 Å². The first-order valence-electron chi connectivity index (χ1n) is 9.59. The Hall–Kier alpha value is -2.16. The molecule has 1 aliphatic carbocycles. The molecule has 0 aliphatic heterocycles. The molecule has 25 heavy (non-hydrogen) atoms. The van der Waals surface area contributed by atoms with E-state index in [2.05, 4.69) is 19.1 Å². The van der Waals surface area contributed by atoms with Crippen LogP contribution in [0.2, 0.25) is 0 Å². The van der Waals surface area contributed by atoms with Crippen molar-refractivity contribution in [1.29, 1.82) is 0 Å². The molecule has 3 nitrogen and oxygen atoms in total. The highest BCUT2D eigenvalue weighted by molar-refractivity contribution is 5.61. The number of ether oxygens (including phenoxy) is 1. The van der Waals surface area contributed by atoms with Gasteiger partial charge in [-0.1, -0.05) is 44.4 Å². The Bertz CT molecular complexity index is 690. The van der Waals surface area contributed by atoms with Gasteiger partial charge in [0.25, 0.3) is 0 Å². The highest BCUT2D eigenvalue weighted by Gasteiger charge is 2.24. The van der Waals surface area contributed by atoms with E-state index < -0.39 is 0 Å². The van der Waals surface area contributed by atoms with E-state index in [1.54, 1.807) is 6.07 Å². The van der Waals surface area contributed by atoms with E-state index in [-0.39, 0.29) is 0 Å². The van der Waals surface area contributed by atoms with E-state index in [1.807, 2.05) is 24.3 Å². The molecule has 0 heterocycles. The molecule has 0 aromatic heterocycles. The smallest absolute Gasteiger partial charge is 0.150 e. The summed E-state index contributed by atoms with van der Waals surface area (Å²) in [6, 6.07) is 13.8. The lowest BCUT2D eigenvalue weighted by molar-refractivity contribution is 0.301. The highest BCUT2D eigenvalue weighted by atomic mass is 16.5. The number of unbranched alkanes of at least 4 members (excludes halogenated alkanes) is 1. The average Bonchev–Trinajstić information content (AvgIpc) is 2.63. The SMILES string of the molecule is CCCC[C@H]1CC[C@H](c2ccccc2Oc2ccc(N)cc2N)CC1. The van der Waals surface area contributed by atoms with Gasteiger partial charge in [-0.05, 0) is 67.3 Å². The molecule has 4 N–H and O–H groups in total. The van der Waals surface area contributed by atoms with Crippen LogP contribution in [0.25, 0.3) is 0 Å². The Morgan fingerprint density at radius 2 is 1.72 bits per heavy atom. The topological polar surface area (TPSA) is 61.3 Å². The molecule has 0 amide bonds. The summed E-state index contributed by atoms with van der Waals surface area (Å²) in [6.45, 7) is 2.28. The largest absolute Gasteiger partial charge is 0.455 e. The number of nitrogen functional groups attached to an aromatic ring is 2. The Morgan fingerprint density at radius 1 is 0.960 bits per heavy atom. The minimum Gasteiger partial charge on any atom is -0.455 e. The maximum atomic E-state index is 6.16. The van der Waals surface area contributed by atoms with Crippen LogP contribution in [0.15, 0.2) is 42.5 Å². The molecule has 2 aromatic carbocycles. The number of nitrogens with two attached hydrogens (primary N) is 2. The summed E-state index contributed by atoms with van der Waals surface area (Å²) >= 11 is 0. The van der Waals surface area contributed by atoms with Gasteiger partial charge in [0.1, 0.15) is 11.5 Å². The van der Waals surface area contributed by atoms with Crippen LogP contribution in [-0.2, 0) is 0 Å². The molecule has 134 valence electrons. The van der Waals surface area contributed by atoms with Crippen molar-refractivity contribution in [3.63, 3.8) is 0 Å². The van der Waals surface area contributed by atoms with E-state index in [9.17, 15) is 0 Å². The van der Waals surface area contributed by atoms with Gasteiger partial charge in [-0.15, -0.1) is 0 Å². The van der Waals surface area contributed by atoms with Crippen molar-refractivity contribution in [1.82, 2.24) is 0 Å². The summed E-state index contributed by atoms with van der Waals surface area (Å²) in [6.07, 6.45) is 9.25. The lowest BCUT2D eigenvalue weighted by Gasteiger charge is -2.29. The van der Waals surface area contributed by atoms with Crippen LogP contribution in [0.3, 0.4) is 0 Å². The first-order valence-corrected chi connectivity index (χ1v) is 9.59. The molecule has 0 saturated heterocycles. The fourth-order valence-corrected chi connectivity index (χ4v) is 3.94. The molecule has 0 unspecified atom stereocenters. The Morgan fingerprint density at radius 3 is 2.44 bits per heavy atom. The standard InChI is InChI=1S/C22H30N2O/c1-2-3-6-16-9-11-17(12-10-16)19-7-4-5-8-21(19)25-22-14-13-18(23)15-20(22)24/h4-5,7-8,13-17H,2-3,6,9-12,23-24H2,1H3/t16-,17-. The van der Waals surface area contributed by atoms with Crippen LogP contribution in [0.4, 0.5) is 11.4 Å². The predicted molar refractivity (Wildman–Crippen MR) is 106 cm³/mol. The number of hydrogen-bond donors (Lipinski definition) is 2. The number of anilines is 2. The molecule has 2 aromatic rings. The molecule has 3 rings (SSSR count). The molecule has 0 bridgehead atoms. The Labute approximate surface area is 151 Å². The lowest BCUT2D eigenvalue weighted by atomic mass is 9.77. The molecule has 0 radical (unpaired) electrons. The van der Waals surface area contributed by atoms with Crippen molar-refractivity contribution < 1.29 is 4.74 Å². The average molecular weight is 338 g/mol. The molecular weight excluding hydrogens is 308 g/mol. The van der Waals surface area contributed by atoms with E-state index >= 15 is 0 Å². The van der Waals surface area contributed by atoms with Gasteiger partial charge in [0.15, 0.2) is 0 Å². The fraction of sp³-hybridized carbons (Fsp3) is 0.455. The van der Waals surface area contributed by atoms with Crippen molar-refractivity contribution in [3.8, 4) is 11.5 Å². The fourth-order valence-electron chi connectivity index (χ4n) is 3.94. The summed E-state index contributed by atoms with van der Waals surface area (Å²) in [7, 11) is 0. The molecular formula is C22H30N2O. The van der Waals surface area contributed by atoms with Gasteiger partial charge >= 0.3 is 0 Å². The normalized spacial score (nSPS) is 20.4. The second-order valence-electron chi connectivity index (χ2n) is 7.30. The maximum absolute atomic E-state index is 6.16. The van der Waals surface area contributed by atoms with Crippen LogP contribution < -0.4 is 16.2 Å². The number of benzene rings is 2. The van der Waals surface area contributed by atoms with Crippen LogP contribution in [-0.4, -0.2) is 0 Å². The van der Waals surface area contributed by atoms with Gasteiger partial charge in [-0.2, -0.15) is 0 Å². The van der Waals surface area contributed by atoms with E-state index in [4.69, 9.17) is 16.2 Å². The first-order chi connectivity index (χ1) is 12.2. The monoisotopic (exact) mass is 338 g/mol. The summed E-state index contributed by atoms with van der Waals surface area (Å²) < 4.78 is 6.16. The van der Waals surface area contributed by atoms with Crippen molar-refractivity contribution in [2.45, 2.75) is 57.8 Å². The highest BCUT2D eigenvalue weighted by Crippen LogP contribution is 2.42. The van der Waals surface area contributed by atoms with Crippen LogP contribution >= 0.6 is 0 Å². The second kappa shape index (κ2) is 8.28. The van der Waals surface area contributed by atoms with Gasteiger partial charge in [-0.25, -0.2) is 0 Å². The lowest BCUT2D eigenvalue weighted by Crippen LogP contribution is -2.14. The van der Waals surface area contributed by atoms with Crippen LogP contribution in [0, 0.1) is 5.92 Å². The van der Waals surface area contributed by atoms with Gasteiger partial charge in [0.05, 0.1) is 5.69 Å². The number of para-hydroxylation sites is 1. The van der Waals surface area contributed by atoms with Gasteiger partial charge in [0.2, 0.25) is 0 Å². The van der Waals surface area contributed by atoms with Crippen molar-refractivity contribution >= 4 is 11.4 Å². The van der Waals surface area contributed by atoms with Crippen molar-refractivity contribution in [2.24, 2.45) is 5.92 Å². The minimum atomic E-state index is 0.582. The van der Waals surface area contributed by atoms with Gasteiger partial charge in [0, 0.05) is 5.69 Å². The quantitative estimate of drug-likeness (QED) is 0.625. The van der Waals surface area contributed by atoms with Crippen LogP contribution in [0.1, 0.15) is 63.4 Å². The van der Waals surface area contributed by atoms with Gasteiger partial charge in [-0.3, -0.25) is 0 Å². The third kappa shape index (κ3) is 4.47. The van der Waals surface area contributed by atoms with E-state index in [1.165, 1.54) is 50.5 Å². The zero-order valence-electron chi connectivity index (χ0n) is 15.2. The van der Waals surface area contributed by atoms with Crippen molar-refractivity contribution in [2.75, 3.05) is 11.5 Å². The molecule has 3 heteroatoms. The first kappa shape index (κ1) is 17.7. The van der Waals surface area contributed by atoms with E-state index in [0.29, 0.717) is 23.0 Å². The molecule has 1 fully saturated rings. The summed E-state index contributed by atoms with van der Waals surface area (Å²) in [5.74, 6) is 3.11. The number of rotatable bonds is 6. The van der Waals surface area contributed by atoms with Gasteiger partial charge < -0.3 is 16.2 Å². The zero-order valence-corrected chi connectivity index (χ0v) is 15.2. The third-order valence-electron chi connectivity index (χ3n) is 5.43. The Kier molecular flexibility index (Phi) is 5.85. The minimum absolute atomic E-state index is 0.582. The molecule has 1 aliphatic rings. The van der Waals surface area contributed by atoms with Crippen LogP contribution in [0.5, 0.6) is 11.5 Å². The predicted octanol–water partition coefficient (Wildman–Crippen LogP) is 6.11. The zero-order chi connectivity index (χ0) is 17.6.